The third kappa shape index (κ3) is 1.97. The van der Waals surface area contributed by atoms with Gasteiger partial charge < -0.3 is 4.57 Å². The van der Waals surface area contributed by atoms with Crippen molar-refractivity contribution in [2.24, 2.45) is 0 Å². The standard InChI is InChI=1S/C10H11N3OS/c1-7-8(2)15-10(12-7)5-13-4-3-11-9(13)6-14/h3-4,6H,5H2,1-2H3. The fourth-order valence-corrected chi connectivity index (χ4v) is 2.26. The first-order valence-electron chi connectivity index (χ1n) is 4.60. The van der Waals surface area contributed by atoms with Crippen molar-refractivity contribution in [1.29, 1.82) is 0 Å². The van der Waals surface area contributed by atoms with Crippen LogP contribution >= 0.6 is 11.3 Å². The predicted molar refractivity (Wildman–Crippen MR) is 58.3 cm³/mol. The number of imidazole rings is 1. The summed E-state index contributed by atoms with van der Waals surface area (Å²) in [6.07, 6.45) is 4.17. The lowest BCUT2D eigenvalue weighted by Crippen LogP contribution is -2.02. The average molecular weight is 221 g/mol. The van der Waals surface area contributed by atoms with Crippen molar-refractivity contribution in [1.82, 2.24) is 14.5 Å². The second-order valence-electron chi connectivity index (χ2n) is 3.28. The number of hydrogen-bond donors (Lipinski definition) is 0. The lowest BCUT2D eigenvalue weighted by Gasteiger charge is -1.99. The monoisotopic (exact) mass is 221 g/mol. The average Bonchev–Trinajstić information content (AvgIpc) is 2.75. The van der Waals surface area contributed by atoms with E-state index >= 15 is 0 Å². The van der Waals surface area contributed by atoms with Crippen LogP contribution in [0.5, 0.6) is 0 Å². The third-order valence-corrected chi connectivity index (χ3v) is 3.29. The van der Waals surface area contributed by atoms with Crippen molar-refractivity contribution in [3.63, 3.8) is 0 Å². The van der Waals surface area contributed by atoms with Crippen LogP contribution in [0.15, 0.2) is 12.4 Å². The normalized spacial score (nSPS) is 10.5. The molecule has 4 nitrogen and oxygen atoms in total. The molecule has 0 aliphatic rings. The molecule has 15 heavy (non-hydrogen) atoms. The van der Waals surface area contributed by atoms with Gasteiger partial charge in [0.2, 0.25) is 0 Å². The highest BCUT2D eigenvalue weighted by Gasteiger charge is 2.06. The van der Waals surface area contributed by atoms with Gasteiger partial charge in [0.05, 0.1) is 12.2 Å². The Hall–Kier alpha value is -1.49. The minimum atomic E-state index is 0.445. The lowest BCUT2D eigenvalue weighted by molar-refractivity contribution is 0.111. The molecule has 2 aromatic rings. The Morgan fingerprint density at radius 2 is 2.33 bits per heavy atom. The molecular weight excluding hydrogens is 210 g/mol. The molecule has 2 heterocycles. The molecule has 0 atom stereocenters. The van der Waals surface area contributed by atoms with E-state index in [-0.39, 0.29) is 0 Å². The van der Waals surface area contributed by atoms with Crippen molar-refractivity contribution >= 4 is 17.6 Å². The van der Waals surface area contributed by atoms with Gasteiger partial charge in [-0.2, -0.15) is 0 Å². The summed E-state index contributed by atoms with van der Waals surface area (Å²) in [7, 11) is 0. The minimum Gasteiger partial charge on any atom is -0.322 e. The Balaban J connectivity index is 2.25. The van der Waals surface area contributed by atoms with Gasteiger partial charge in [-0.25, -0.2) is 9.97 Å². The van der Waals surface area contributed by atoms with E-state index in [0.29, 0.717) is 12.4 Å². The largest absolute Gasteiger partial charge is 0.322 e. The Bertz CT molecular complexity index is 467. The van der Waals surface area contributed by atoms with Gasteiger partial charge >= 0.3 is 0 Å². The van der Waals surface area contributed by atoms with Gasteiger partial charge in [0.1, 0.15) is 5.01 Å². The van der Waals surface area contributed by atoms with Crippen LogP contribution in [0.4, 0.5) is 0 Å². The third-order valence-electron chi connectivity index (χ3n) is 2.23. The van der Waals surface area contributed by atoms with Crippen LogP contribution in [0, 0.1) is 13.8 Å². The molecule has 0 radical (unpaired) electrons. The van der Waals surface area contributed by atoms with Crippen LogP contribution in [0.2, 0.25) is 0 Å². The SMILES string of the molecule is Cc1nc(Cn2ccnc2C=O)sc1C. The van der Waals surface area contributed by atoms with Gasteiger partial charge in [-0.15, -0.1) is 11.3 Å². The van der Waals surface area contributed by atoms with Crippen molar-refractivity contribution in [3.8, 4) is 0 Å². The molecule has 0 saturated carbocycles. The topological polar surface area (TPSA) is 47.8 Å². The fraction of sp³-hybridized carbons (Fsp3) is 0.300. The molecule has 0 unspecified atom stereocenters. The molecular formula is C10H11N3OS. The van der Waals surface area contributed by atoms with E-state index < -0.39 is 0 Å². The van der Waals surface area contributed by atoms with Gasteiger partial charge in [-0.1, -0.05) is 0 Å². The second kappa shape index (κ2) is 3.94. The zero-order chi connectivity index (χ0) is 10.8. The van der Waals surface area contributed by atoms with Crippen LogP contribution in [0.3, 0.4) is 0 Å². The maximum atomic E-state index is 10.7. The number of carbonyl (C=O) groups excluding carboxylic acids is 1. The van der Waals surface area contributed by atoms with E-state index in [9.17, 15) is 4.79 Å². The Morgan fingerprint density at radius 3 is 2.93 bits per heavy atom. The van der Waals surface area contributed by atoms with Gasteiger partial charge in [0.25, 0.3) is 0 Å². The predicted octanol–water partition coefficient (Wildman–Crippen LogP) is 1.82. The summed E-state index contributed by atoms with van der Waals surface area (Å²) in [6, 6.07) is 0. The minimum absolute atomic E-state index is 0.445. The molecule has 0 saturated heterocycles. The molecule has 0 bridgehead atoms. The first-order chi connectivity index (χ1) is 7.20. The highest BCUT2D eigenvalue weighted by molar-refractivity contribution is 7.11. The van der Waals surface area contributed by atoms with E-state index in [1.165, 1.54) is 4.88 Å². The van der Waals surface area contributed by atoms with Crippen LogP contribution in [0.1, 0.15) is 26.2 Å². The lowest BCUT2D eigenvalue weighted by atomic mass is 10.4. The van der Waals surface area contributed by atoms with E-state index in [0.717, 1.165) is 17.0 Å². The molecule has 0 fully saturated rings. The Morgan fingerprint density at radius 1 is 1.53 bits per heavy atom. The molecule has 0 amide bonds. The maximum Gasteiger partial charge on any atom is 0.185 e. The zero-order valence-corrected chi connectivity index (χ0v) is 9.41. The summed E-state index contributed by atoms with van der Waals surface area (Å²) in [5.74, 6) is 0.445. The summed E-state index contributed by atoms with van der Waals surface area (Å²) in [6.45, 7) is 4.66. The molecule has 0 spiro atoms. The maximum absolute atomic E-state index is 10.7. The van der Waals surface area contributed by atoms with Crippen LogP contribution in [0.25, 0.3) is 0 Å². The van der Waals surface area contributed by atoms with Crippen molar-refractivity contribution in [2.45, 2.75) is 20.4 Å². The van der Waals surface area contributed by atoms with Gasteiger partial charge in [-0.3, -0.25) is 4.79 Å². The van der Waals surface area contributed by atoms with Crippen molar-refractivity contribution < 1.29 is 4.79 Å². The van der Waals surface area contributed by atoms with Gasteiger partial charge in [0.15, 0.2) is 12.1 Å². The molecule has 0 aliphatic carbocycles. The van der Waals surface area contributed by atoms with Crippen LogP contribution < -0.4 is 0 Å². The number of aldehydes is 1. The molecule has 2 aromatic heterocycles. The Kier molecular flexibility index (Phi) is 2.64. The number of hydrogen-bond acceptors (Lipinski definition) is 4. The smallest absolute Gasteiger partial charge is 0.185 e. The van der Waals surface area contributed by atoms with Crippen molar-refractivity contribution in [2.75, 3.05) is 0 Å². The molecule has 0 N–H and O–H groups in total. The van der Waals surface area contributed by atoms with E-state index in [2.05, 4.69) is 9.97 Å². The van der Waals surface area contributed by atoms with Crippen LogP contribution in [-0.2, 0) is 6.54 Å². The molecule has 5 heteroatoms. The molecule has 2 rings (SSSR count). The zero-order valence-electron chi connectivity index (χ0n) is 8.60. The second-order valence-corrected chi connectivity index (χ2v) is 4.57. The number of aryl methyl sites for hydroxylation is 2. The first kappa shape index (κ1) is 10.0. The number of carbonyl (C=O) groups is 1. The number of aromatic nitrogens is 3. The first-order valence-corrected chi connectivity index (χ1v) is 5.41. The molecule has 0 aromatic carbocycles. The summed E-state index contributed by atoms with van der Waals surface area (Å²) in [5.41, 5.74) is 1.06. The number of rotatable bonds is 3. The number of thiazole rings is 1. The molecule has 78 valence electrons. The van der Waals surface area contributed by atoms with E-state index in [1.54, 1.807) is 28.3 Å². The summed E-state index contributed by atoms with van der Waals surface area (Å²) in [4.78, 5) is 20.2. The highest BCUT2D eigenvalue weighted by Crippen LogP contribution is 2.17. The summed E-state index contributed by atoms with van der Waals surface area (Å²) >= 11 is 1.66. The number of nitrogens with zero attached hydrogens (tertiary/aromatic N) is 3. The van der Waals surface area contributed by atoms with Gasteiger partial charge in [0, 0.05) is 17.3 Å². The van der Waals surface area contributed by atoms with E-state index in [4.69, 9.17) is 0 Å². The van der Waals surface area contributed by atoms with E-state index in [1.807, 2.05) is 13.8 Å². The Labute approximate surface area is 91.6 Å². The summed E-state index contributed by atoms with van der Waals surface area (Å²) in [5, 5.41) is 1.01. The van der Waals surface area contributed by atoms with Crippen LogP contribution in [-0.4, -0.2) is 20.8 Å². The molecule has 0 aliphatic heterocycles. The van der Waals surface area contributed by atoms with Gasteiger partial charge in [-0.05, 0) is 13.8 Å². The fourth-order valence-electron chi connectivity index (χ4n) is 1.33. The highest BCUT2D eigenvalue weighted by atomic mass is 32.1. The summed E-state index contributed by atoms with van der Waals surface area (Å²) < 4.78 is 1.80. The van der Waals surface area contributed by atoms with Crippen molar-refractivity contribution in [3.05, 3.63) is 33.8 Å². The quantitative estimate of drug-likeness (QED) is 0.743.